The van der Waals surface area contributed by atoms with E-state index in [1.165, 1.54) is 0 Å². The Hall–Kier alpha value is -1.31. The number of aliphatic hydroxyl groups is 1. The van der Waals surface area contributed by atoms with E-state index in [9.17, 15) is 14.7 Å². The third-order valence-electron chi connectivity index (χ3n) is 7.50. The number of aliphatic hydroxyl groups excluding tert-OH is 1. The van der Waals surface area contributed by atoms with Crippen LogP contribution in [0.3, 0.4) is 0 Å². The lowest BCUT2D eigenvalue weighted by Gasteiger charge is -2.43. The van der Waals surface area contributed by atoms with Crippen molar-refractivity contribution in [3.05, 3.63) is 33.7 Å². The molecule has 1 unspecified atom stereocenters. The fourth-order valence-electron chi connectivity index (χ4n) is 6.26. The second-order valence-corrected chi connectivity index (χ2v) is 10.4. The van der Waals surface area contributed by atoms with Crippen molar-refractivity contribution in [3.63, 3.8) is 0 Å². The molecule has 158 valence electrons. The van der Waals surface area contributed by atoms with Crippen molar-refractivity contribution in [2.45, 2.75) is 44.4 Å². The molecule has 5 rings (SSSR count). The Kier molecular flexibility index (Phi) is 5.25. The van der Waals surface area contributed by atoms with Crippen LogP contribution in [0.25, 0.3) is 0 Å². The van der Waals surface area contributed by atoms with Crippen LogP contribution in [-0.2, 0) is 17.9 Å². The number of aromatic nitrogens is 1. The number of pyridine rings is 1. The van der Waals surface area contributed by atoms with E-state index in [1.807, 2.05) is 21.8 Å². The lowest BCUT2D eigenvalue weighted by atomic mass is 9.83. The molecule has 1 N–H and O–H groups in total. The summed E-state index contributed by atoms with van der Waals surface area (Å²) in [4.78, 5) is 30.0. The van der Waals surface area contributed by atoms with Crippen molar-refractivity contribution in [2.75, 3.05) is 38.2 Å². The van der Waals surface area contributed by atoms with Crippen molar-refractivity contribution >= 4 is 17.7 Å². The number of rotatable bonds is 4. The molecule has 1 amide bonds. The average molecular weight is 418 g/mol. The molecule has 2 saturated heterocycles. The molecule has 0 aromatic carbocycles. The molecule has 0 radical (unpaired) electrons. The molecule has 0 spiro atoms. The quantitative estimate of drug-likeness (QED) is 0.801. The Labute approximate surface area is 176 Å². The molecule has 1 saturated carbocycles. The zero-order valence-corrected chi connectivity index (χ0v) is 17.9. The van der Waals surface area contributed by atoms with Gasteiger partial charge in [0, 0.05) is 56.4 Å². The zero-order valence-electron chi connectivity index (χ0n) is 17.1. The fraction of sp³-hybridized carbons (Fsp3) is 0.727. The predicted molar refractivity (Wildman–Crippen MR) is 114 cm³/mol. The lowest BCUT2D eigenvalue weighted by Crippen LogP contribution is -2.50. The maximum absolute atomic E-state index is 13.3. The first-order valence-corrected chi connectivity index (χ1v) is 12.3. The molecule has 3 fully saturated rings. The van der Waals surface area contributed by atoms with E-state index in [2.05, 4.69) is 11.0 Å². The Morgan fingerprint density at radius 1 is 1.10 bits per heavy atom. The minimum Gasteiger partial charge on any atom is -0.393 e. The first-order valence-electron chi connectivity index (χ1n) is 10.9. The van der Waals surface area contributed by atoms with E-state index in [4.69, 9.17) is 0 Å². The number of nitrogens with zero attached hydrogens (tertiary/aromatic N) is 3. The van der Waals surface area contributed by atoms with Gasteiger partial charge in [0.15, 0.2) is 0 Å². The zero-order chi connectivity index (χ0) is 20.1. The third kappa shape index (κ3) is 3.66. The second-order valence-electron chi connectivity index (χ2n) is 9.57. The average Bonchev–Trinajstić information content (AvgIpc) is 3.21. The van der Waals surface area contributed by atoms with E-state index in [0.29, 0.717) is 23.5 Å². The van der Waals surface area contributed by atoms with Gasteiger partial charge in [0.05, 0.1) is 11.9 Å². The number of hydrogen-bond acceptors (Lipinski definition) is 5. The third-order valence-corrected chi connectivity index (χ3v) is 8.03. The summed E-state index contributed by atoms with van der Waals surface area (Å²) in [6.45, 7) is 4.98. The molecule has 2 bridgehead atoms. The van der Waals surface area contributed by atoms with E-state index in [1.54, 1.807) is 11.8 Å². The van der Waals surface area contributed by atoms with Gasteiger partial charge in [-0.05, 0) is 49.3 Å². The topological polar surface area (TPSA) is 65.8 Å². The van der Waals surface area contributed by atoms with Crippen LogP contribution in [0.2, 0.25) is 0 Å². The first-order chi connectivity index (χ1) is 14.0. The van der Waals surface area contributed by atoms with Crippen LogP contribution < -0.4 is 5.56 Å². The monoisotopic (exact) mass is 417 g/mol. The van der Waals surface area contributed by atoms with Gasteiger partial charge in [-0.15, -0.1) is 0 Å². The number of carbonyl (C=O) groups excluding carboxylic acids is 1. The fourth-order valence-corrected chi connectivity index (χ4v) is 6.69. The molecule has 3 aliphatic heterocycles. The number of piperidine rings is 1. The Balaban J connectivity index is 1.32. The summed E-state index contributed by atoms with van der Waals surface area (Å²) < 4.78 is 2.01. The van der Waals surface area contributed by atoms with Gasteiger partial charge in [-0.1, -0.05) is 6.07 Å². The maximum Gasteiger partial charge on any atom is 0.255 e. The highest BCUT2D eigenvalue weighted by molar-refractivity contribution is 7.99. The SMILES string of the molecule is CSCC(=O)N1C[C@@H]2C[C@H](C1)c1ccc(CN3C[C@H]4CC(O)C[C@H]4C3)c(=O)n1C2. The summed E-state index contributed by atoms with van der Waals surface area (Å²) in [5.41, 5.74) is 2.17. The van der Waals surface area contributed by atoms with Crippen molar-refractivity contribution in [3.8, 4) is 0 Å². The number of carbonyl (C=O) groups is 1. The van der Waals surface area contributed by atoms with Gasteiger partial charge in [-0.3, -0.25) is 14.5 Å². The number of thioether (sulfide) groups is 1. The van der Waals surface area contributed by atoms with Gasteiger partial charge in [0.25, 0.3) is 5.56 Å². The molecule has 4 heterocycles. The predicted octanol–water partition coefficient (Wildman–Crippen LogP) is 1.36. The summed E-state index contributed by atoms with van der Waals surface area (Å²) in [5.74, 6) is 2.61. The molecule has 7 heteroatoms. The van der Waals surface area contributed by atoms with E-state index < -0.39 is 0 Å². The normalized spacial score (nSPS) is 33.6. The van der Waals surface area contributed by atoms with Crippen molar-refractivity contribution in [1.82, 2.24) is 14.4 Å². The van der Waals surface area contributed by atoms with Crippen LogP contribution in [0.15, 0.2) is 16.9 Å². The van der Waals surface area contributed by atoms with Crippen LogP contribution in [0.5, 0.6) is 0 Å². The Bertz CT molecular complexity index is 842. The number of fused-ring (bicyclic) bond motifs is 5. The second kappa shape index (κ2) is 7.75. The number of amides is 1. The molecule has 1 aromatic rings. The minimum atomic E-state index is -0.122. The van der Waals surface area contributed by atoms with Gasteiger partial charge >= 0.3 is 0 Å². The number of hydrogen-bond donors (Lipinski definition) is 1. The minimum absolute atomic E-state index is 0.122. The molecule has 1 aromatic heterocycles. The Morgan fingerprint density at radius 3 is 2.59 bits per heavy atom. The van der Waals surface area contributed by atoms with Gasteiger partial charge in [-0.25, -0.2) is 0 Å². The highest BCUT2D eigenvalue weighted by Crippen LogP contribution is 2.39. The van der Waals surface area contributed by atoms with Crippen LogP contribution in [-0.4, -0.2) is 69.7 Å². The standard InChI is InChI=1S/C22H31N3O3S/c1-29-13-21(27)24-7-14-4-18(12-24)20-3-2-15(22(28)25(20)8-14)9-23-10-16-5-19(26)6-17(16)11-23/h2-3,14,16-19,26H,4-13H2,1H3/t14-,16-,17+,18+,19?/m0/s1. The smallest absolute Gasteiger partial charge is 0.255 e. The summed E-state index contributed by atoms with van der Waals surface area (Å²) in [5, 5.41) is 9.85. The Morgan fingerprint density at radius 2 is 1.86 bits per heavy atom. The molecule has 1 aliphatic carbocycles. The summed E-state index contributed by atoms with van der Waals surface area (Å²) in [6, 6.07) is 4.17. The van der Waals surface area contributed by atoms with E-state index in [-0.39, 0.29) is 23.5 Å². The van der Waals surface area contributed by atoms with Crippen LogP contribution in [0, 0.1) is 17.8 Å². The van der Waals surface area contributed by atoms with Crippen molar-refractivity contribution in [2.24, 2.45) is 17.8 Å². The van der Waals surface area contributed by atoms with Crippen molar-refractivity contribution in [1.29, 1.82) is 0 Å². The van der Waals surface area contributed by atoms with Gasteiger partial charge in [-0.2, -0.15) is 11.8 Å². The summed E-state index contributed by atoms with van der Waals surface area (Å²) in [7, 11) is 0. The highest BCUT2D eigenvalue weighted by Gasteiger charge is 2.41. The van der Waals surface area contributed by atoms with Gasteiger partial charge in [0.1, 0.15) is 0 Å². The molecular weight excluding hydrogens is 386 g/mol. The van der Waals surface area contributed by atoms with Crippen LogP contribution in [0.1, 0.15) is 36.4 Å². The molecular formula is C22H31N3O3S. The lowest BCUT2D eigenvalue weighted by molar-refractivity contribution is -0.131. The molecule has 4 aliphatic rings. The van der Waals surface area contributed by atoms with Crippen LogP contribution >= 0.6 is 11.8 Å². The first kappa shape index (κ1) is 19.6. The summed E-state index contributed by atoms with van der Waals surface area (Å²) >= 11 is 1.58. The maximum atomic E-state index is 13.3. The largest absolute Gasteiger partial charge is 0.393 e. The molecule has 29 heavy (non-hydrogen) atoms. The number of likely N-dealkylation sites (tertiary alicyclic amines) is 2. The molecule has 5 atom stereocenters. The molecule has 6 nitrogen and oxygen atoms in total. The van der Waals surface area contributed by atoms with E-state index in [0.717, 1.165) is 69.8 Å². The van der Waals surface area contributed by atoms with Gasteiger partial charge < -0.3 is 14.6 Å². The van der Waals surface area contributed by atoms with Crippen molar-refractivity contribution < 1.29 is 9.90 Å². The highest BCUT2D eigenvalue weighted by atomic mass is 32.2. The van der Waals surface area contributed by atoms with E-state index >= 15 is 0 Å². The van der Waals surface area contributed by atoms with Gasteiger partial charge in [0.2, 0.25) is 5.91 Å². The van der Waals surface area contributed by atoms with Crippen LogP contribution in [0.4, 0.5) is 0 Å². The summed E-state index contributed by atoms with van der Waals surface area (Å²) in [6.07, 6.45) is 4.76.